The Hall–Kier alpha value is -3.26. The zero-order valence-electron chi connectivity index (χ0n) is 15.1. The number of fused-ring (bicyclic) bond motifs is 6. The third-order valence-electron chi connectivity index (χ3n) is 5.92. The minimum Gasteiger partial charge on any atom is -0.322 e. The van der Waals surface area contributed by atoms with E-state index >= 15 is 0 Å². The number of aryl methyl sites for hydroxylation is 1. The third kappa shape index (κ3) is 2.07. The summed E-state index contributed by atoms with van der Waals surface area (Å²) in [4.78, 5) is 0. The molecule has 6 rings (SSSR count). The Labute approximate surface area is 158 Å². The summed E-state index contributed by atoms with van der Waals surface area (Å²) in [6, 6.07) is 26.3. The highest BCUT2D eigenvalue weighted by Crippen LogP contribution is 2.33. The molecule has 0 N–H and O–H groups in total. The van der Waals surface area contributed by atoms with E-state index in [0.29, 0.717) is 0 Å². The molecule has 1 aliphatic rings. The van der Waals surface area contributed by atoms with Crippen molar-refractivity contribution in [1.29, 1.82) is 0 Å². The van der Waals surface area contributed by atoms with E-state index in [9.17, 15) is 0 Å². The molecule has 0 amide bonds. The first-order valence-corrected chi connectivity index (χ1v) is 9.64. The summed E-state index contributed by atoms with van der Waals surface area (Å²) in [7, 11) is 0. The molecule has 130 valence electrons. The van der Waals surface area contributed by atoms with E-state index in [1.54, 1.807) is 0 Å². The van der Waals surface area contributed by atoms with Gasteiger partial charge in [0.1, 0.15) is 6.67 Å². The van der Waals surface area contributed by atoms with Crippen LogP contribution in [-0.2, 0) is 13.1 Å². The van der Waals surface area contributed by atoms with Crippen LogP contribution in [0.1, 0.15) is 17.7 Å². The van der Waals surface area contributed by atoms with Crippen molar-refractivity contribution in [3.63, 3.8) is 0 Å². The van der Waals surface area contributed by atoms with E-state index in [-0.39, 0.29) is 0 Å². The molecule has 0 fully saturated rings. The lowest BCUT2D eigenvalue weighted by molar-refractivity contribution is 0.655. The molecule has 0 atom stereocenters. The molecule has 0 aliphatic heterocycles. The second-order valence-corrected chi connectivity index (χ2v) is 7.35. The molecule has 2 heteroatoms. The van der Waals surface area contributed by atoms with Crippen LogP contribution in [0.2, 0.25) is 0 Å². The summed E-state index contributed by atoms with van der Waals surface area (Å²) in [5, 5.41) is 4.06. The highest BCUT2D eigenvalue weighted by atomic mass is 15.2. The third-order valence-corrected chi connectivity index (χ3v) is 5.92. The van der Waals surface area contributed by atoms with E-state index in [4.69, 9.17) is 0 Å². The Bertz CT molecular complexity index is 1290. The molecule has 0 radical (unpaired) electrons. The van der Waals surface area contributed by atoms with E-state index < -0.39 is 0 Å². The first-order valence-electron chi connectivity index (χ1n) is 9.64. The van der Waals surface area contributed by atoms with Crippen LogP contribution >= 0.6 is 0 Å². The number of nitrogens with zero attached hydrogens (tertiary/aromatic N) is 2. The molecule has 0 unspecified atom stereocenters. The Balaban J connectivity index is 1.66. The van der Waals surface area contributed by atoms with Crippen molar-refractivity contribution < 1.29 is 0 Å². The van der Waals surface area contributed by atoms with Crippen LogP contribution in [0.4, 0.5) is 0 Å². The topological polar surface area (TPSA) is 9.86 Å². The monoisotopic (exact) mass is 348 g/mol. The Kier molecular flexibility index (Phi) is 3.09. The number of hydrogen-bond acceptors (Lipinski definition) is 0. The molecule has 5 aromatic rings. The summed E-state index contributed by atoms with van der Waals surface area (Å²) in [6.07, 6.45) is 6.89. The van der Waals surface area contributed by atoms with Crippen LogP contribution in [0.25, 0.3) is 38.8 Å². The lowest BCUT2D eigenvalue weighted by Crippen LogP contribution is -2.10. The van der Waals surface area contributed by atoms with E-state index in [1.807, 2.05) is 0 Å². The predicted octanol–water partition coefficient (Wildman–Crippen LogP) is 6.21. The molecule has 0 spiro atoms. The van der Waals surface area contributed by atoms with Gasteiger partial charge in [-0.2, -0.15) is 0 Å². The van der Waals surface area contributed by atoms with Crippen molar-refractivity contribution in [3.8, 4) is 0 Å². The van der Waals surface area contributed by atoms with Gasteiger partial charge in [-0.05, 0) is 42.7 Å². The average Bonchev–Trinajstić information content (AvgIpc) is 3.23. The van der Waals surface area contributed by atoms with Crippen LogP contribution in [0, 0.1) is 0 Å². The number of aromatic nitrogens is 2. The van der Waals surface area contributed by atoms with Crippen molar-refractivity contribution in [1.82, 2.24) is 9.13 Å². The molecule has 0 saturated heterocycles. The molecular formula is C25H20N2. The summed E-state index contributed by atoms with van der Waals surface area (Å²) >= 11 is 0. The zero-order chi connectivity index (χ0) is 17.8. The predicted molar refractivity (Wildman–Crippen MR) is 114 cm³/mol. The minimum absolute atomic E-state index is 0.828. The molecule has 2 aromatic heterocycles. The van der Waals surface area contributed by atoms with Crippen molar-refractivity contribution >= 4 is 38.8 Å². The van der Waals surface area contributed by atoms with Gasteiger partial charge in [0.25, 0.3) is 0 Å². The summed E-state index contributed by atoms with van der Waals surface area (Å²) in [5.41, 5.74) is 6.78. The lowest BCUT2D eigenvalue weighted by atomic mass is 10.0. The fourth-order valence-electron chi connectivity index (χ4n) is 4.72. The minimum atomic E-state index is 0.828. The van der Waals surface area contributed by atoms with Gasteiger partial charge in [-0.25, -0.2) is 0 Å². The number of rotatable bonds is 2. The van der Waals surface area contributed by atoms with Crippen LogP contribution in [0.3, 0.4) is 0 Å². The summed E-state index contributed by atoms with van der Waals surface area (Å²) in [5.74, 6) is 0. The molecule has 2 heterocycles. The quantitative estimate of drug-likeness (QED) is 0.359. The highest BCUT2D eigenvalue weighted by molar-refractivity contribution is 6.08. The van der Waals surface area contributed by atoms with Gasteiger partial charge in [0.15, 0.2) is 0 Å². The van der Waals surface area contributed by atoms with E-state index in [1.165, 1.54) is 44.0 Å². The molecule has 0 saturated carbocycles. The van der Waals surface area contributed by atoms with Gasteiger partial charge in [0.2, 0.25) is 0 Å². The molecule has 3 aromatic carbocycles. The van der Waals surface area contributed by atoms with Crippen molar-refractivity contribution in [3.05, 3.63) is 90.1 Å². The fourth-order valence-corrected chi connectivity index (χ4v) is 4.72. The van der Waals surface area contributed by atoms with Crippen LogP contribution in [0.15, 0.2) is 78.9 Å². The standard InChI is InChI=1S/C25H20N2/c1-5-13-22-18(9-1)19-10-2-6-14-23(19)26(22)17-27-24-15-7-3-11-20(24)21-12-4-8-16-25(21)27/h1-3,5-11,13-16H,4,12,17H2. The van der Waals surface area contributed by atoms with E-state index in [2.05, 4.69) is 94.1 Å². The van der Waals surface area contributed by atoms with Gasteiger partial charge in [0.05, 0.1) is 16.6 Å². The second-order valence-electron chi connectivity index (χ2n) is 7.35. The Morgan fingerprint density at radius 2 is 1.19 bits per heavy atom. The van der Waals surface area contributed by atoms with Gasteiger partial charge >= 0.3 is 0 Å². The average molecular weight is 348 g/mol. The first-order chi connectivity index (χ1) is 13.4. The van der Waals surface area contributed by atoms with Crippen LogP contribution in [0.5, 0.6) is 0 Å². The highest BCUT2D eigenvalue weighted by Gasteiger charge is 2.18. The van der Waals surface area contributed by atoms with Crippen LogP contribution in [-0.4, -0.2) is 9.13 Å². The molecular weight excluding hydrogens is 328 g/mol. The summed E-state index contributed by atoms with van der Waals surface area (Å²) < 4.78 is 4.94. The second kappa shape index (κ2) is 5.62. The lowest BCUT2D eigenvalue weighted by Gasteiger charge is -2.15. The van der Waals surface area contributed by atoms with Gasteiger partial charge in [-0.15, -0.1) is 0 Å². The largest absolute Gasteiger partial charge is 0.322 e. The Morgan fingerprint density at radius 1 is 0.630 bits per heavy atom. The van der Waals surface area contributed by atoms with Crippen LogP contribution < -0.4 is 0 Å². The molecule has 1 aliphatic carbocycles. The van der Waals surface area contributed by atoms with Crippen molar-refractivity contribution in [2.45, 2.75) is 19.5 Å². The number of para-hydroxylation sites is 3. The molecule has 0 bridgehead atoms. The normalized spacial score (nSPS) is 13.6. The Morgan fingerprint density at radius 3 is 1.85 bits per heavy atom. The van der Waals surface area contributed by atoms with Gasteiger partial charge < -0.3 is 9.13 Å². The molecule has 2 nitrogen and oxygen atoms in total. The maximum Gasteiger partial charge on any atom is 0.100 e. The number of hydrogen-bond donors (Lipinski definition) is 0. The maximum atomic E-state index is 2.49. The fraction of sp³-hybridized carbons (Fsp3) is 0.120. The van der Waals surface area contributed by atoms with Crippen molar-refractivity contribution in [2.75, 3.05) is 0 Å². The zero-order valence-corrected chi connectivity index (χ0v) is 15.1. The van der Waals surface area contributed by atoms with Gasteiger partial charge in [0, 0.05) is 21.9 Å². The summed E-state index contributed by atoms with van der Waals surface area (Å²) in [6.45, 7) is 0.828. The van der Waals surface area contributed by atoms with Crippen molar-refractivity contribution in [2.24, 2.45) is 0 Å². The molecule has 27 heavy (non-hydrogen) atoms. The van der Waals surface area contributed by atoms with Gasteiger partial charge in [-0.1, -0.05) is 60.7 Å². The first kappa shape index (κ1) is 14.9. The SMILES string of the molecule is C1=Cc2c(c3ccccc3n2Cn2c3ccccc3c3ccccc32)CC1. The van der Waals surface area contributed by atoms with Gasteiger partial charge in [-0.3, -0.25) is 0 Å². The smallest absolute Gasteiger partial charge is 0.100 e. The van der Waals surface area contributed by atoms with E-state index in [0.717, 1.165) is 19.5 Å². The number of benzene rings is 3. The number of allylic oxidation sites excluding steroid dienone is 1. The maximum absolute atomic E-state index is 2.49.